The zero-order chi connectivity index (χ0) is 27.8. The molecule has 1 aliphatic heterocycles. The molecule has 0 aliphatic carbocycles. The van der Waals surface area contributed by atoms with E-state index in [1.54, 1.807) is 0 Å². The molecule has 1 aromatic heterocycles. The van der Waals surface area contributed by atoms with Crippen LogP contribution in [-0.2, 0) is 16.2 Å². The van der Waals surface area contributed by atoms with Crippen LogP contribution in [-0.4, -0.2) is 53.8 Å². The summed E-state index contributed by atoms with van der Waals surface area (Å²) in [5.41, 5.74) is 1.98. The van der Waals surface area contributed by atoms with E-state index in [-0.39, 0.29) is 24.0 Å². The number of benzene rings is 3. The second-order valence-corrected chi connectivity index (χ2v) is 11.5. The molecule has 0 bridgehead atoms. The fourth-order valence-corrected chi connectivity index (χ4v) is 6.03. The molecule has 3 aromatic carbocycles. The molecule has 2 heterocycles. The lowest BCUT2D eigenvalue weighted by Crippen LogP contribution is -2.49. The lowest BCUT2D eigenvalue weighted by molar-refractivity contribution is -0.137. The number of fused-ring (bicyclic) bond motifs is 1. The first-order chi connectivity index (χ1) is 18.5. The van der Waals surface area contributed by atoms with Gasteiger partial charge >= 0.3 is 6.18 Å². The molecule has 5 rings (SSSR count). The van der Waals surface area contributed by atoms with Gasteiger partial charge in [0.15, 0.2) is 0 Å². The predicted octanol–water partition coefficient (Wildman–Crippen LogP) is 5.77. The van der Waals surface area contributed by atoms with E-state index < -0.39 is 21.8 Å². The number of piperazine rings is 1. The van der Waals surface area contributed by atoms with Crippen LogP contribution in [0.5, 0.6) is 0 Å². The molecule has 1 aliphatic rings. The normalized spacial score (nSPS) is 16.3. The number of hydrogen-bond donors (Lipinski definition) is 1. The summed E-state index contributed by atoms with van der Waals surface area (Å²) in [5, 5.41) is 4.29. The minimum atomic E-state index is -4.52. The fourth-order valence-electron chi connectivity index (χ4n) is 4.61. The smallest absolute Gasteiger partial charge is 0.340 e. The Morgan fingerprint density at radius 3 is 2.15 bits per heavy atom. The maximum absolute atomic E-state index is 13.1. The van der Waals surface area contributed by atoms with Crippen LogP contribution >= 0.6 is 0 Å². The molecule has 1 atom stereocenters. The minimum Gasteiger partial charge on any atom is -0.340 e. The largest absolute Gasteiger partial charge is 0.416 e. The molecule has 11 heteroatoms. The minimum absolute atomic E-state index is 0.151. The molecule has 1 unspecified atom stereocenters. The summed E-state index contributed by atoms with van der Waals surface area (Å²) >= 11 is 0. The average Bonchev–Trinajstić information content (AvgIpc) is 2.93. The molecule has 204 valence electrons. The van der Waals surface area contributed by atoms with Gasteiger partial charge < -0.3 is 5.32 Å². The van der Waals surface area contributed by atoms with Crippen LogP contribution < -0.4 is 5.32 Å². The summed E-state index contributed by atoms with van der Waals surface area (Å²) in [6.07, 6.45) is -4.52. The number of sulfonamides is 1. The molecule has 0 spiro atoms. The van der Waals surface area contributed by atoms with Crippen molar-refractivity contribution in [3.05, 3.63) is 89.7 Å². The second kappa shape index (κ2) is 10.6. The Balaban J connectivity index is 1.32. The molecule has 0 saturated carbocycles. The van der Waals surface area contributed by atoms with Crippen molar-refractivity contribution in [1.82, 2.24) is 19.2 Å². The number of hydrogen-bond acceptors (Lipinski definition) is 6. The van der Waals surface area contributed by atoms with E-state index >= 15 is 0 Å². The molecule has 1 saturated heterocycles. The Labute approximate surface area is 225 Å². The van der Waals surface area contributed by atoms with Crippen molar-refractivity contribution < 1.29 is 21.6 Å². The lowest BCUT2D eigenvalue weighted by Gasteiger charge is -2.37. The maximum atomic E-state index is 13.1. The Morgan fingerprint density at radius 2 is 1.51 bits per heavy atom. The van der Waals surface area contributed by atoms with Crippen molar-refractivity contribution in [2.45, 2.75) is 31.0 Å². The van der Waals surface area contributed by atoms with Gasteiger partial charge in [-0.2, -0.15) is 17.5 Å². The van der Waals surface area contributed by atoms with Crippen molar-refractivity contribution in [1.29, 1.82) is 0 Å². The van der Waals surface area contributed by atoms with Crippen molar-refractivity contribution in [2.24, 2.45) is 0 Å². The van der Waals surface area contributed by atoms with Gasteiger partial charge in [0.05, 0.1) is 22.0 Å². The molecule has 7 nitrogen and oxygen atoms in total. The number of aryl methyl sites for hydroxylation is 1. The summed E-state index contributed by atoms with van der Waals surface area (Å²) in [5.74, 6) is 1.30. The van der Waals surface area contributed by atoms with Gasteiger partial charge in [-0.05, 0) is 62.4 Å². The van der Waals surface area contributed by atoms with Crippen LogP contribution in [0.1, 0.15) is 29.9 Å². The van der Waals surface area contributed by atoms with Crippen LogP contribution in [0.2, 0.25) is 0 Å². The van der Waals surface area contributed by atoms with Gasteiger partial charge in [0.1, 0.15) is 11.6 Å². The Kier molecular flexibility index (Phi) is 7.32. The number of para-hydroxylation sites is 1. The van der Waals surface area contributed by atoms with Gasteiger partial charge in [-0.15, -0.1) is 0 Å². The van der Waals surface area contributed by atoms with E-state index in [9.17, 15) is 21.6 Å². The van der Waals surface area contributed by atoms with Gasteiger partial charge in [0.2, 0.25) is 10.0 Å². The van der Waals surface area contributed by atoms with Crippen molar-refractivity contribution in [2.75, 3.05) is 31.5 Å². The zero-order valence-corrected chi connectivity index (χ0v) is 22.3. The number of alkyl halides is 3. The van der Waals surface area contributed by atoms with E-state index in [0.717, 1.165) is 46.4 Å². The molecule has 0 radical (unpaired) electrons. The van der Waals surface area contributed by atoms with Crippen molar-refractivity contribution in [3.63, 3.8) is 0 Å². The standard InChI is InChI=1S/C28H28F3N5O2S/c1-19-7-11-22(12-8-19)32-27-24-5-3-4-6-25(24)33-26(34-27)20(2)35-15-17-36(18-16-35)39(37,38)23-13-9-21(10-14-23)28(29,30)31/h3-14,20H,15-18H2,1-2H3,(H,32,33,34). The van der Waals surface area contributed by atoms with Crippen LogP contribution in [0.25, 0.3) is 10.9 Å². The van der Waals surface area contributed by atoms with Crippen LogP contribution in [0.15, 0.2) is 77.7 Å². The Hall–Kier alpha value is -3.54. The lowest BCUT2D eigenvalue weighted by atomic mass is 10.2. The highest BCUT2D eigenvalue weighted by Crippen LogP contribution is 2.31. The number of rotatable bonds is 6. The van der Waals surface area contributed by atoms with Crippen molar-refractivity contribution >= 4 is 32.4 Å². The second-order valence-electron chi connectivity index (χ2n) is 9.58. The number of aromatic nitrogens is 2. The summed E-state index contributed by atoms with van der Waals surface area (Å²) in [6.45, 7) is 5.28. The van der Waals surface area contributed by atoms with Gasteiger partial charge in [0, 0.05) is 37.3 Å². The van der Waals surface area contributed by atoms with E-state index in [0.29, 0.717) is 24.7 Å². The molecule has 1 N–H and O–H groups in total. The number of halogens is 3. The summed E-state index contributed by atoms with van der Waals surface area (Å²) < 4.78 is 66.1. The number of nitrogens with zero attached hydrogens (tertiary/aromatic N) is 4. The maximum Gasteiger partial charge on any atom is 0.416 e. The molecule has 4 aromatic rings. The third kappa shape index (κ3) is 5.75. The topological polar surface area (TPSA) is 78.4 Å². The highest BCUT2D eigenvalue weighted by atomic mass is 32.2. The van der Waals surface area contributed by atoms with E-state index in [1.165, 1.54) is 4.31 Å². The van der Waals surface area contributed by atoms with Gasteiger partial charge in [0.25, 0.3) is 0 Å². The van der Waals surface area contributed by atoms with Gasteiger partial charge in [-0.25, -0.2) is 18.4 Å². The highest BCUT2D eigenvalue weighted by Gasteiger charge is 2.33. The van der Waals surface area contributed by atoms with Gasteiger partial charge in [-0.1, -0.05) is 29.8 Å². The first-order valence-corrected chi connectivity index (χ1v) is 14.0. The highest BCUT2D eigenvalue weighted by molar-refractivity contribution is 7.89. The van der Waals surface area contributed by atoms with E-state index in [1.807, 2.05) is 62.4 Å². The summed E-state index contributed by atoms with van der Waals surface area (Å²) in [7, 11) is -3.91. The zero-order valence-electron chi connectivity index (χ0n) is 21.5. The van der Waals surface area contributed by atoms with Crippen LogP contribution in [0.4, 0.5) is 24.7 Å². The molecule has 39 heavy (non-hydrogen) atoms. The Bertz CT molecular complexity index is 1570. The SMILES string of the molecule is Cc1ccc(Nc2nc(C(C)N3CCN(S(=O)(=O)c4ccc(C(F)(F)F)cc4)CC3)nc3ccccc23)cc1. The van der Waals surface area contributed by atoms with Gasteiger partial charge in [-0.3, -0.25) is 4.90 Å². The van der Waals surface area contributed by atoms with Crippen LogP contribution in [0.3, 0.4) is 0 Å². The average molecular weight is 556 g/mol. The summed E-state index contributed by atoms with van der Waals surface area (Å²) in [4.78, 5) is 11.6. The van der Waals surface area contributed by atoms with E-state index in [4.69, 9.17) is 9.97 Å². The van der Waals surface area contributed by atoms with Crippen LogP contribution in [0, 0.1) is 6.92 Å². The first kappa shape index (κ1) is 27.0. The molecule has 0 amide bonds. The van der Waals surface area contributed by atoms with E-state index in [2.05, 4.69) is 10.2 Å². The quantitative estimate of drug-likeness (QED) is 0.326. The van der Waals surface area contributed by atoms with Crippen molar-refractivity contribution in [3.8, 4) is 0 Å². The molecular formula is C28H28F3N5O2S. The molecule has 1 fully saturated rings. The Morgan fingerprint density at radius 1 is 0.872 bits per heavy atom. The third-order valence-electron chi connectivity index (χ3n) is 6.95. The third-order valence-corrected chi connectivity index (χ3v) is 8.86. The number of nitrogens with one attached hydrogen (secondary N) is 1. The number of anilines is 2. The first-order valence-electron chi connectivity index (χ1n) is 12.5. The summed E-state index contributed by atoms with van der Waals surface area (Å²) in [6, 6.07) is 19.2. The fraction of sp³-hybridized carbons (Fsp3) is 0.286. The monoisotopic (exact) mass is 555 g/mol. The predicted molar refractivity (Wildman–Crippen MR) is 144 cm³/mol. The molecular weight excluding hydrogens is 527 g/mol.